The van der Waals surface area contributed by atoms with Gasteiger partial charge in [-0.15, -0.1) is 0 Å². The number of H-pyrrole nitrogens is 1. The van der Waals surface area contributed by atoms with Gasteiger partial charge in [0.15, 0.2) is 5.03 Å². The summed E-state index contributed by atoms with van der Waals surface area (Å²) in [4.78, 5) is 6.95. The van der Waals surface area contributed by atoms with Crippen LogP contribution in [0.25, 0.3) is 0 Å². The number of hydrogen-bond acceptors (Lipinski definition) is 3. The molecule has 102 valence electrons. The third-order valence-electron chi connectivity index (χ3n) is 3.69. The predicted octanol–water partition coefficient (Wildman–Crippen LogP) is 1.93. The van der Waals surface area contributed by atoms with Crippen molar-refractivity contribution >= 4 is 10.0 Å². The van der Waals surface area contributed by atoms with Crippen LogP contribution in [0.4, 0.5) is 0 Å². The highest BCUT2D eigenvalue weighted by molar-refractivity contribution is 7.89. The molecule has 1 heterocycles. The van der Waals surface area contributed by atoms with Crippen LogP contribution in [0.2, 0.25) is 0 Å². The van der Waals surface area contributed by atoms with Crippen LogP contribution in [0, 0.1) is 0 Å². The molecule has 0 unspecified atom stereocenters. The molecule has 1 aliphatic carbocycles. The zero-order valence-electron chi connectivity index (χ0n) is 11.0. The second-order valence-corrected chi connectivity index (χ2v) is 6.83. The van der Waals surface area contributed by atoms with Crippen molar-refractivity contribution < 1.29 is 8.42 Å². The second kappa shape index (κ2) is 5.40. The molecule has 1 saturated carbocycles. The smallest absolute Gasteiger partial charge is 0.260 e. The SMILES string of the molecule is CCc1ncc(S(=O)(=O)N(C)C2CCCCC2)[nH]1. The van der Waals surface area contributed by atoms with Crippen molar-refractivity contribution in [3.63, 3.8) is 0 Å². The van der Waals surface area contributed by atoms with Gasteiger partial charge in [0.1, 0.15) is 5.82 Å². The molecule has 0 bridgehead atoms. The summed E-state index contributed by atoms with van der Waals surface area (Å²) in [6, 6.07) is 0.136. The van der Waals surface area contributed by atoms with Crippen LogP contribution in [0.5, 0.6) is 0 Å². The van der Waals surface area contributed by atoms with Crippen molar-refractivity contribution in [2.24, 2.45) is 0 Å². The molecule has 0 amide bonds. The van der Waals surface area contributed by atoms with Crippen LogP contribution >= 0.6 is 0 Å². The molecule has 0 saturated heterocycles. The van der Waals surface area contributed by atoms with Crippen molar-refractivity contribution in [3.05, 3.63) is 12.0 Å². The summed E-state index contributed by atoms with van der Waals surface area (Å²) in [5, 5.41) is 0.215. The third-order valence-corrected chi connectivity index (χ3v) is 5.51. The molecule has 2 rings (SSSR count). The van der Waals surface area contributed by atoms with Crippen LogP contribution in [0.3, 0.4) is 0 Å². The standard InChI is InChI=1S/C12H21N3O2S/c1-3-11-13-9-12(14-11)18(16,17)15(2)10-7-5-4-6-8-10/h9-10H,3-8H2,1-2H3,(H,13,14). The van der Waals surface area contributed by atoms with Crippen molar-refractivity contribution in [1.82, 2.24) is 14.3 Å². The lowest BCUT2D eigenvalue weighted by Crippen LogP contribution is -2.38. The van der Waals surface area contributed by atoms with Gasteiger partial charge in [0.05, 0.1) is 6.20 Å². The maximum Gasteiger partial charge on any atom is 0.260 e. The van der Waals surface area contributed by atoms with E-state index in [4.69, 9.17) is 0 Å². The molecule has 1 aliphatic rings. The summed E-state index contributed by atoms with van der Waals surface area (Å²) in [7, 11) is -1.73. The second-order valence-electron chi connectivity index (χ2n) is 4.86. The van der Waals surface area contributed by atoms with E-state index in [-0.39, 0.29) is 11.1 Å². The zero-order valence-corrected chi connectivity index (χ0v) is 11.8. The van der Waals surface area contributed by atoms with Crippen LogP contribution in [0.1, 0.15) is 44.9 Å². The summed E-state index contributed by atoms with van der Waals surface area (Å²) in [5.74, 6) is 0.714. The average Bonchev–Trinajstić information content (AvgIpc) is 2.88. The molecule has 0 aromatic carbocycles. The zero-order chi connectivity index (χ0) is 13.2. The maximum absolute atomic E-state index is 12.4. The first-order valence-electron chi connectivity index (χ1n) is 6.57. The Morgan fingerprint density at radius 2 is 2.06 bits per heavy atom. The number of aromatic amines is 1. The van der Waals surface area contributed by atoms with Gasteiger partial charge in [-0.25, -0.2) is 13.4 Å². The van der Waals surface area contributed by atoms with E-state index in [0.717, 1.165) is 25.7 Å². The fraction of sp³-hybridized carbons (Fsp3) is 0.750. The van der Waals surface area contributed by atoms with Gasteiger partial charge in [-0.05, 0) is 12.8 Å². The molecule has 1 aromatic rings. The minimum absolute atomic E-state index is 0.136. The van der Waals surface area contributed by atoms with Gasteiger partial charge in [-0.3, -0.25) is 0 Å². The van der Waals surface area contributed by atoms with E-state index in [2.05, 4.69) is 9.97 Å². The Hall–Kier alpha value is -0.880. The molecule has 0 atom stereocenters. The number of nitrogens with zero attached hydrogens (tertiary/aromatic N) is 2. The minimum Gasteiger partial charge on any atom is -0.332 e. The van der Waals surface area contributed by atoms with Gasteiger partial charge >= 0.3 is 0 Å². The Labute approximate surface area is 109 Å². The van der Waals surface area contributed by atoms with E-state index in [1.54, 1.807) is 7.05 Å². The number of aromatic nitrogens is 2. The van der Waals surface area contributed by atoms with E-state index >= 15 is 0 Å². The lowest BCUT2D eigenvalue weighted by atomic mass is 9.96. The van der Waals surface area contributed by atoms with Gasteiger partial charge in [0.2, 0.25) is 0 Å². The summed E-state index contributed by atoms with van der Waals surface area (Å²) < 4.78 is 26.3. The molecular weight excluding hydrogens is 250 g/mol. The van der Waals surface area contributed by atoms with E-state index in [1.165, 1.54) is 16.9 Å². The lowest BCUT2D eigenvalue weighted by Gasteiger charge is -2.29. The number of sulfonamides is 1. The van der Waals surface area contributed by atoms with Crippen LogP contribution in [-0.4, -0.2) is 35.8 Å². The summed E-state index contributed by atoms with van der Waals surface area (Å²) >= 11 is 0. The van der Waals surface area contributed by atoms with Gasteiger partial charge in [0, 0.05) is 19.5 Å². The monoisotopic (exact) mass is 271 g/mol. The Morgan fingerprint density at radius 1 is 1.39 bits per heavy atom. The molecule has 0 radical (unpaired) electrons. The number of hydrogen-bond donors (Lipinski definition) is 1. The number of rotatable bonds is 4. The van der Waals surface area contributed by atoms with Crippen molar-refractivity contribution in [1.29, 1.82) is 0 Å². The van der Waals surface area contributed by atoms with Crippen molar-refractivity contribution in [2.45, 2.75) is 56.5 Å². The molecule has 18 heavy (non-hydrogen) atoms. The summed E-state index contributed by atoms with van der Waals surface area (Å²) in [6.45, 7) is 1.94. The third kappa shape index (κ3) is 2.59. The topological polar surface area (TPSA) is 66.1 Å². The van der Waals surface area contributed by atoms with E-state index in [1.807, 2.05) is 6.92 Å². The number of aryl methyl sites for hydroxylation is 1. The summed E-state index contributed by atoms with van der Waals surface area (Å²) in [5.41, 5.74) is 0. The number of nitrogens with one attached hydrogen (secondary N) is 1. The molecule has 0 aliphatic heterocycles. The van der Waals surface area contributed by atoms with E-state index < -0.39 is 10.0 Å². The first-order chi connectivity index (χ1) is 8.55. The Balaban J connectivity index is 2.18. The van der Waals surface area contributed by atoms with Crippen LogP contribution < -0.4 is 0 Å². The normalized spacial score (nSPS) is 18.4. The number of imidazole rings is 1. The molecule has 6 heteroatoms. The van der Waals surface area contributed by atoms with Crippen LogP contribution in [0.15, 0.2) is 11.2 Å². The maximum atomic E-state index is 12.4. The molecule has 1 N–H and O–H groups in total. The van der Waals surface area contributed by atoms with E-state index in [0.29, 0.717) is 12.2 Å². The summed E-state index contributed by atoms with van der Waals surface area (Å²) in [6.07, 6.45) is 7.51. The Kier molecular flexibility index (Phi) is 4.07. The van der Waals surface area contributed by atoms with Gasteiger partial charge < -0.3 is 4.98 Å². The Bertz CT molecular complexity index is 489. The average molecular weight is 271 g/mol. The lowest BCUT2D eigenvalue weighted by molar-refractivity contribution is 0.285. The highest BCUT2D eigenvalue weighted by Crippen LogP contribution is 2.25. The molecular formula is C12H21N3O2S. The van der Waals surface area contributed by atoms with Crippen molar-refractivity contribution in [2.75, 3.05) is 7.05 Å². The quantitative estimate of drug-likeness (QED) is 0.910. The molecule has 0 spiro atoms. The molecule has 1 aromatic heterocycles. The van der Waals surface area contributed by atoms with Gasteiger partial charge in [-0.1, -0.05) is 26.2 Å². The van der Waals surface area contributed by atoms with Gasteiger partial charge in [-0.2, -0.15) is 4.31 Å². The largest absolute Gasteiger partial charge is 0.332 e. The fourth-order valence-electron chi connectivity index (χ4n) is 2.45. The van der Waals surface area contributed by atoms with E-state index in [9.17, 15) is 8.42 Å². The predicted molar refractivity (Wildman–Crippen MR) is 69.8 cm³/mol. The molecule has 5 nitrogen and oxygen atoms in total. The minimum atomic E-state index is -3.41. The first kappa shape index (κ1) is 13.5. The molecule has 1 fully saturated rings. The highest BCUT2D eigenvalue weighted by Gasteiger charge is 2.30. The Morgan fingerprint density at radius 3 is 2.61 bits per heavy atom. The van der Waals surface area contributed by atoms with Crippen molar-refractivity contribution in [3.8, 4) is 0 Å². The van der Waals surface area contributed by atoms with Gasteiger partial charge in [0.25, 0.3) is 10.0 Å². The highest BCUT2D eigenvalue weighted by atomic mass is 32.2. The fourth-order valence-corrected chi connectivity index (χ4v) is 3.80. The van der Waals surface area contributed by atoms with Crippen LogP contribution in [-0.2, 0) is 16.4 Å². The first-order valence-corrected chi connectivity index (χ1v) is 8.01.